The molecule has 3 unspecified atom stereocenters. The fourth-order valence-electron chi connectivity index (χ4n) is 2.71. The van der Waals surface area contributed by atoms with E-state index < -0.39 is 5.63 Å². The Morgan fingerprint density at radius 2 is 2.00 bits per heavy atom. The molecule has 1 aliphatic rings. The SMILES string of the molecule is COc1cc(/C=C/C2CCC(OC)CC2OC)oc(=O)c1. The maximum absolute atomic E-state index is 11.4. The van der Waals surface area contributed by atoms with E-state index in [4.69, 9.17) is 18.6 Å². The largest absolute Gasteiger partial charge is 0.496 e. The molecule has 0 spiro atoms. The summed E-state index contributed by atoms with van der Waals surface area (Å²) in [6, 6.07) is 3.01. The van der Waals surface area contributed by atoms with Crippen LogP contribution in [0.5, 0.6) is 5.75 Å². The van der Waals surface area contributed by atoms with Crippen LogP contribution in [-0.2, 0) is 9.47 Å². The van der Waals surface area contributed by atoms with Gasteiger partial charge in [0.1, 0.15) is 11.5 Å². The lowest BCUT2D eigenvalue weighted by molar-refractivity contribution is -0.0290. The van der Waals surface area contributed by atoms with E-state index in [2.05, 4.69) is 0 Å². The van der Waals surface area contributed by atoms with Gasteiger partial charge in [-0.3, -0.25) is 0 Å². The van der Waals surface area contributed by atoms with Crippen molar-refractivity contribution in [2.75, 3.05) is 21.3 Å². The first kappa shape index (κ1) is 15.8. The number of hydrogen-bond acceptors (Lipinski definition) is 5. The van der Waals surface area contributed by atoms with Crippen molar-refractivity contribution in [2.24, 2.45) is 5.92 Å². The van der Waals surface area contributed by atoms with Gasteiger partial charge in [-0.05, 0) is 18.9 Å². The van der Waals surface area contributed by atoms with Crippen LogP contribution in [0.1, 0.15) is 25.0 Å². The van der Waals surface area contributed by atoms with E-state index in [1.165, 1.54) is 13.2 Å². The highest BCUT2D eigenvalue weighted by atomic mass is 16.5. The Labute approximate surface area is 124 Å². The predicted molar refractivity (Wildman–Crippen MR) is 79.5 cm³/mol. The monoisotopic (exact) mass is 294 g/mol. The van der Waals surface area contributed by atoms with E-state index in [0.717, 1.165) is 19.3 Å². The average molecular weight is 294 g/mol. The van der Waals surface area contributed by atoms with Crippen molar-refractivity contribution in [1.82, 2.24) is 0 Å². The molecule has 5 heteroatoms. The van der Waals surface area contributed by atoms with Gasteiger partial charge in [0.15, 0.2) is 0 Å². The molecule has 0 saturated heterocycles. The minimum Gasteiger partial charge on any atom is -0.496 e. The average Bonchev–Trinajstić information content (AvgIpc) is 2.52. The van der Waals surface area contributed by atoms with Crippen molar-refractivity contribution < 1.29 is 18.6 Å². The summed E-state index contributed by atoms with van der Waals surface area (Å²) in [5.74, 6) is 1.28. The van der Waals surface area contributed by atoms with E-state index in [1.54, 1.807) is 20.3 Å². The first-order chi connectivity index (χ1) is 10.2. The molecule has 1 saturated carbocycles. The molecule has 0 aromatic carbocycles. The second kappa shape index (κ2) is 7.43. The maximum atomic E-state index is 11.4. The zero-order chi connectivity index (χ0) is 15.2. The molecule has 116 valence electrons. The minimum atomic E-state index is -0.416. The molecule has 0 bridgehead atoms. The summed E-state index contributed by atoms with van der Waals surface area (Å²) in [6.45, 7) is 0. The Kier molecular flexibility index (Phi) is 5.59. The van der Waals surface area contributed by atoms with Crippen LogP contribution >= 0.6 is 0 Å². The van der Waals surface area contributed by atoms with Gasteiger partial charge < -0.3 is 18.6 Å². The molecular formula is C16H22O5. The maximum Gasteiger partial charge on any atom is 0.339 e. The Balaban J connectivity index is 2.09. The van der Waals surface area contributed by atoms with Crippen molar-refractivity contribution in [2.45, 2.75) is 31.5 Å². The number of hydrogen-bond donors (Lipinski definition) is 0. The van der Waals surface area contributed by atoms with E-state index in [0.29, 0.717) is 11.5 Å². The summed E-state index contributed by atoms with van der Waals surface area (Å²) in [7, 11) is 4.98. The molecule has 1 aromatic heterocycles. The third-order valence-electron chi connectivity index (χ3n) is 3.94. The molecule has 1 fully saturated rings. The molecular weight excluding hydrogens is 272 g/mol. The standard InChI is InChI=1S/C16H22O5/c1-18-12-6-4-11(15(9-12)20-3)5-7-13-8-14(19-2)10-16(17)21-13/h5,7-8,10-12,15H,4,6,9H2,1-3H3/b7-5+. The first-order valence-corrected chi connectivity index (χ1v) is 7.09. The summed E-state index contributed by atoms with van der Waals surface area (Å²) in [6.07, 6.45) is 7.11. The summed E-state index contributed by atoms with van der Waals surface area (Å²) >= 11 is 0. The van der Waals surface area contributed by atoms with Gasteiger partial charge in [-0.2, -0.15) is 0 Å². The van der Waals surface area contributed by atoms with Gasteiger partial charge in [0.2, 0.25) is 0 Å². The van der Waals surface area contributed by atoms with Crippen molar-refractivity contribution in [3.63, 3.8) is 0 Å². The minimum absolute atomic E-state index is 0.122. The van der Waals surface area contributed by atoms with Crippen LogP contribution in [0.15, 0.2) is 27.4 Å². The van der Waals surface area contributed by atoms with E-state index in [9.17, 15) is 4.79 Å². The highest BCUT2D eigenvalue weighted by molar-refractivity contribution is 5.45. The topological polar surface area (TPSA) is 57.9 Å². The lowest BCUT2D eigenvalue weighted by Gasteiger charge is -2.33. The molecule has 21 heavy (non-hydrogen) atoms. The quantitative estimate of drug-likeness (QED) is 0.835. The normalized spacial score (nSPS) is 26.1. The molecule has 1 heterocycles. The molecule has 3 atom stereocenters. The molecule has 1 aromatic rings. The van der Waals surface area contributed by atoms with Crippen LogP contribution in [0, 0.1) is 5.92 Å². The highest BCUT2D eigenvalue weighted by Gasteiger charge is 2.28. The fraction of sp³-hybridized carbons (Fsp3) is 0.562. The summed E-state index contributed by atoms with van der Waals surface area (Å²) in [5, 5.41) is 0. The lowest BCUT2D eigenvalue weighted by atomic mass is 9.84. The first-order valence-electron chi connectivity index (χ1n) is 7.09. The Morgan fingerprint density at radius 3 is 2.67 bits per heavy atom. The Bertz CT molecular complexity index is 534. The van der Waals surface area contributed by atoms with Gasteiger partial charge in [-0.15, -0.1) is 0 Å². The van der Waals surface area contributed by atoms with E-state index >= 15 is 0 Å². The van der Waals surface area contributed by atoms with Crippen LogP contribution in [0.2, 0.25) is 0 Å². The predicted octanol–water partition coefficient (Wildman–Crippen LogP) is 2.49. The molecule has 2 rings (SSSR count). The molecule has 0 amide bonds. The van der Waals surface area contributed by atoms with Gasteiger partial charge in [0, 0.05) is 32.6 Å². The molecule has 1 aliphatic carbocycles. The van der Waals surface area contributed by atoms with Crippen molar-refractivity contribution >= 4 is 6.08 Å². The van der Waals surface area contributed by atoms with Crippen molar-refractivity contribution in [3.8, 4) is 5.75 Å². The third-order valence-corrected chi connectivity index (χ3v) is 3.94. The third kappa shape index (κ3) is 4.19. The molecule has 5 nitrogen and oxygen atoms in total. The van der Waals surface area contributed by atoms with Gasteiger partial charge in [-0.1, -0.05) is 6.08 Å². The zero-order valence-electron chi connectivity index (χ0n) is 12.7. The summed E-state index contributed by atoms with van der Waals surface area (Å²) in [4.78, 5) is 11.4. The fourth-order valence-corrected chi connectivity index (χ4v) is 2.71. The summed E-state index contributed by atoms with van der Waals surface area (Å²) < 4.78 is 21.1. The zero-order valence-corrected chi connectivity index (χ0v) is 12.7. The van der Waals surface area contributed by atoms with E-state index in [-0.39, 0.29) is 18.1 Å². The number of rotatable bonds is 5. The van der Waals surface area contributed by atoms with Crippen molar-refractivity contribution in [3.05, 3.63) is 34.4 Å². The van der Waals surface area contributed by atoms with Crippen LogP contribution in [0.4, 0.5) is 0 Å². The van der Waals surface area contributed by atoms with Gasteiger partial charge in [-0.25, -0.2) is 4.79 Å². The second-order valence-corrected chi connectivity index (χ2v) is 5.19. The van der Waals surface area contributed by atoms with Crippen LogP contribution < -0.4 is 10.4 Å². The van der Waals surface area contributed by atoms with Gasteiger partial charge in [0.05, 0.1) is 25.4 Å². The highest BCUT2D eigenvalue weighted by Crippen LogP contribution is 2.30. The number of methoxy groups -OCH3 is 3. The smallest absolute Gasteiger partial charge is 0.339 e. The van der Waals surface area contributed by atoms with Gasteiger partial charge >= 0.3 is 5.63 Å². The molecule has 0 radical (unpaired) electrons. The number of ether oxygens (including phenoxy) is 3. The molecule has 0 aliphatic heterocycles. The summed E-state index contributed by atoms with van der Waals surface area (Å²) in [5.41, 5.74) is -0.416. The van der Waals surface area contributed by atoms with Crippen molar-refractivity contribution in [1.29, 1.82) is 0 Å². The van der Waals surface area contributed by atoms with E-state index in [1.807, 2.05) is 12.2 Å². The Hall–Kier alpha value is -1.59. The molecule has 0 N–H and O–H groups in total. The van der Waals surface area contributed by atoms with Gasteiger partial charge in [0.25, 0.3) is 0 Å². The van der Waals surface area contributed by atoms with Crippen LogP contribution in [-0.4, -0.2) is 33.5 Å². The Morgan fingerprint density at radius 1 is 1.19 bits per heavy atom. The van der Waals surface area contributed by atoms with Crippen LogP contribution in [0.3, 0.4) is 0 Å². The second-order valence-electron chi connectivity index (χ2n) is 5.19. The van der Waals surface area contributed by atoms with Crippen LogP contribution in [0.25, 0.3) is 6.08 Å². The lowest BCUT2D eigenvalue weighted by Crippen LogP contribution is -2.33.